The number of hydrogen-bond acceptors (Lipinski definition) is 3. The van der Waals surface area contributed by atoms with Crippen molar-refractivity contribution in [3.63, 3.8) is 0 Å². The van der Waals surface area contributed by atoms with Crippen LogP contribution in [-0.2, 0) is 11.3 Å². The first-order valence-electron chi connectivity index (χ1n) is 9.05. The quantitative estimate of drug-likeness (QED) is 0.740. The summed E-state index contributed by atoms with van der Waals surface area (Å²) in [4.78, 5) is 4.87. The van der Waals surface area contributed by atoms with Crippen molar-refractivity contribution >= 4 is 17.3 Å². The molecule has 25 heavy (non-hydrogen) atoms. The van der Waals surface area contributed by atoms with E-state index < -0.39 is 0 Å². The minimum absolute atomic E-state index is 0.384. The highest BCUT2D eigenvalue weighted by Gasteiger charge is 2.19. The van der Waals surface area contributed by atoms with Gasteiger partial charge in [0, 0.05) is 36.4 Å². The van der Waals surface area contributed by atoms with Crippen molar-refractivity contribution in [2.24, 2.45) is 0 Å². The average molecular weight is 359 g/mol. The van der Waals surface area contributed by atoms with Crippen LogP contribution in [0.15, 0.2) is 48.5 Å². The van der Waals surface area contributed by atoms with E-state index in [-0.39, 0.29) is 0 Å². The predicted octanol–water partition coefficient (Wildman–Crippen LogP) is 4.76. The predicted molar refractivity (Wildman–Crippen MR) is 105 cm³/mol. The fourth-order valence-electron chi connectivity index (χ4n) is 3.62. The van der Waals surface area contributed by atoms with Gasteiger partial charge in [0.05, 0.1) is 13.2 Å². The van der Waals surface area contributed by atoms with E-state index in [2.05, 4.69) is 60.2 Å². The van der Waals surface area contributed by atoms with Gasteiger partial charge in [0.1, 0.15) is 0 Å². The van der Waals surface area contributed by atoms with Crippen LogP contribution in [0.25, 0.3) is 0 Å². The van der Waals surface area contributed by atoms with Crippen molar-refractivity contribution in [3.05, 3.63) is 64.7 Å². The van der Waals surface area contributed by atoms with Crippen molar-refractivity contribution < 1.29 is 4.74 Å². The van der Waals surface area contributed by atoms with Gasteiger partial charge in [0.2, 0.25) is 0 Å². The number of para-hydroxylation sites is 1. The van der Waals surface area contributed by atoms with E-state index in [1.807, 2.05) is 12.1 Å². The largest absolute Gasteiger partial charge is 0.378 e. The number of halogens is 1. The molecule has 0 amide bonds. The molecule has 134 valence electrons. The second kappa shape index (κ2) is 8.70. The monoisotopic (exact) mass is 358 g/mol. The molecule has 0 aromatic heterocycles. The smallest absolute Gasteiger partial charge is 0.0642 e. The molecule has 0 N–H and O–H groups in total. The number of anilines is 1. The second-order valence-electron chi connectivity index (χ2n) is 6.62. The summed E-state index contributed by atoms with van der Waals surface area (Å²) in [5.41, 5.74) is 4.03. The zero-order valence-electron chi connectivity index (χ0n) is 15.1. The van der Waals surface area contributed by atoms with Crippen LogP contribution in [0.4, 0.5) is 5.69 Å². The lowest BCUT2D eigenvalue weighted by Gasteiger charge is -2.33. The van der Waals surface area contributed by atoms with Crippen LogP contribution in [0.3, 0.4) is 0 Å². The molecule has 1 aliphatic rings. The van der Waals surface area contributed by atoms with Crippen molar-refractivity contribution in [1.82, 2.24) is 4.90 Å². The third-order valence-electron chi connectivity index (χ3n) is 4.94. The van der Waals surface area contributed by atoms with Crippen molar-refractivity contribution in [2.45, 2.75) is 25.9 Å². The molecule has 0 saturated carbocycles. The number of ether oxygens (including phenoxy) is 1. The Morgan fingerprint density at radius 3 is 2.44 bits per heavy atom. The van der Waals surface area contributed by atoms with E-state index in [1.165, 1.54) is 16.8 Å². The van der Waals surface area contributed by atoms with Gasteiger partial charge in [-0.1, -0.05) is 48.9 Å². The molecular formula is C21H27ClN2O. The van der Waals surface area contributed by atoms with Gasteiger partial charge < -0.3 is 9.64 Å². The number of morpholine rings is 1. The van der Waals surface area contributed by atoms with Crippen LogP contribution in [0.5, 0.6) is 0 Å². The number of hydrogen-bond donors (Lipinski definition) is 0. The van der Waals surface area contributed by atoms with E-state index in [1.54, 1.807) is 0 Å². The Morgan fingerprint density at radius 2 is 1.76 bits per heavy atom. The first-order chi connectivity index (χ1) is 12.2. The molecule has 1 heterocycles. The van der Waals surface area contributed by atoms with E-state index in [4.69, 9.17) is 16.3 Å². The lowest BCUT2D eigenvalue weighted by Crippen LogP contribution is -2.37. The Hall–Kier alpha value is -1.55. The van der Waals surface area contributed by atoms with E-state index in [0.29, 0.717) is 6.04 Å². The lowest BCUT2D eigenvalue weighted by atomic mass is 10.0. The van der Waals surface area contributed by atoms with Crippen LogP contribution in [0.1, 0.15) is 30.5 Å². The van der Waals surface area contributed by atoms with E-state index in [0.717, 1.165) is 44.3 Å². The number of benzene rings is 2. The molecule has 0 aliphatic carbocycles. The second-order valence-corrected chi connectivity index (χ2v) is 7.06. The first-order valence-corrected chi connectivity index (χ1v) is 9.43. The first kappa shape index (κ1) is 18.2. The SMILES string of the molecule is CCC(c1ccc(Cl)cc1)N(C)Cc1ccccc1N1CCOCC1. The Balaban J connectivity index is 1.77. The Labute approximate surface area is 156 Å². The fraction of sp³-hybridized carbons (Fsp3) is 0.429. The summed E-state index contributed by atoms with van der Waals surface area (Å²) in [5.74, 6) is 0. The van der Waals surface area contributed by atoms with Crippen LogP contribution in [0.2, 0.25) is 5.02 Å². The summed E-state index contributed by atoms with van der Waals surface area (Å²) in [5, 5.41) is 0.791. The summed E-state index contributed by atoms with van der Waals surface area (Å²) >= 11 is 6.05. The molecule has 1 saturated heterocycles. The van der Waals surface area contributed by atoms with Gasteiger partial charge in [-0.25, -0.2) is 0 Å². The number of nitrogens with zero attached hydrogens (tertiary/aromatic N) is 2. The molecule has 2 aromatic carbocycles. The summed E-state index contributed by atoms with van der Waals surface area (Å²) in [7, 11) is 2.21. The molecule has 0 radical (unpaired) electrons. The summed E-state index contributed by atoms with van der Waals surface area (Å²) < 4.78 is 5.50. The molecule has 0 bridgehead atoms. The van der Waals surface area contributed by atoms with Crippen LogP contribution in [0, 0.1) is 0 Å². The van der Waals surface area contributed by atoms with Gasteiger partial charge in [0.15, 0.2) is 0 Å². The normalized spacial score (nSPS) is 16.2. The third-order valence-corrected chi connectivity index (χ3v) is 5.19. The van der Waals surface area contributed by atoms with Crippen LogP contribution < -0.4 is 4.90 Å². The molecule has 3 rings (SSSR count). The van der Waals surface area contributed by atoms with E-state index >= 15 is 0 Å². The Morgan fingerprint density at radius 1 is 1.08 bits per heavy atom. The lowest BCUT2D eigenvalue weighted by molar-refractivity contribution is 0.122. The maximum atomic E-state index is 6.05. The zero-order chi connectivity index (χ0) is 17.6. The minimum Gasteiger partial charge on any atom is -0.378 e. The van der Waals surface area contributed by atoms with Crippen LogP contribution in [-0.4, -0.2) is 38.3 Å². The molecule has 1 atom stereocenters. The van der Waals surface area contributed by atoms with Gasteiger partial charge in [-0.2, -0.15) is 0 Å². The van der Waals surface area contributed by atoms with Gasteiger partial charge in [-0.05, 0) is 42.8 Å². The molecule has 1 fully saturated rings. The molecule has 4 heteroatoms. The highest BCUT2D eigenvalue weighted by atomic mass is 35.5. The van der Waals surface area contributed by atoms with Crippen molar-refractivity contribution in [3.8, 4) is 0 Å². The highest BCUT2D eigenvalue weighted by Crippen LogP contribution is 2.29. The van der Waals surface area contributed by atoms with Crippen LogP contribution >= 0.6 is 11.6 Å². The Kier molecular flexibility index (Phi) is 6.35. The zero-order valence-corrected chi connectivity index (χ0v) is 15.9. The fourth-order valence-corrected chi connectivity index (χ4v) is 3.75. The van der Waals surface area contributed by atoms with Gasteiger partial charge >= 0.3 is 0 Å². The van der Waals surface area contributed by atoms with Crippen molar-refractivity contribution in [1.29, 1.82) is 0 Å². The molecule has 1 aliphatic heterocycles. The summed E-state index contributed by atoms with van der Waals surface area (Å²) in [6.07, 6.45) is 1.07. The maximum absolute atomic E-state index is 6.05. The van der Waals surface area contributed by atoms with Crippen molar-refractivity contribution in [2.75, 3.05) is 38.3 Å². The summed E-state index contributed by atoms with van der Waals surface area (Å²) in [6, 6.07) is 17.4. The molecular weight excluding hydrogens is 332 g/mol. The van der Waals surface area contributed by atoms with E-state index in [9.17, 15) is 0 Å². The summed E-state index contributed by atoms with van der Waals surface area (Å²) in [6.45, 7) is 6.72. The van der Waals surface area contributed by atoms with Gasteiger partial charge in [-0.3, -0.25) is 4.90 Å². The third kappa shape index (κ3) is 4.55. The molecule has 1 unspecified atom stereocenters. The molecule has 0 spiro atoms. The Bertz CT molecular complexity index is 668. The minimum atomic E-state index is 0.384. The average Bonchev–Trinajstić information content (AvgIpc) is 2.65. The molecule has 3 nitrogen and oxygen atoms in total. The van der Waals surface area contributed by atoms with Gasteiger partial charge in [0.25, 0.3) is 0 Å². The highest BCUT2D eigenvalue weighted by molar-refractivity contribution is 6.30. The molecule has 2 aromatic rings. The van der Waals surface area contributed by atoms with Gasteiger partial charge in [-0.15, -0.1) is 0 Å². The topological polar surface area (TPSA) is 15.7 Å². The maximum Gasteiger partial charge on any atom is 0.0642 e. The number of rotatable bonds is 6. The standard InChI is InChI=1S/C21H27ClN2O/c1-3-20(17-8-10-19(22)11-9-17)23(2)16-18-6-4-5-7-21(18)24-12-14-25-15-13-24/h4-11,20H,3,12-16H2,1-2H3.